The lowest BCUT2D eigenvalue weighted by atomic mass is 9.93. The van der Waals surface area contributed by atoms with Crippen LogP contribution in [0.3, 0.4) is 0 Å². The minimum atomic E-state index is -3.51. The predicted molar refractivity (Wildman–Crippen MR) is 154 cm³/mol. The predicted octanol–water partition coefficient (Wildman–Crippen LogP) is 3.22. The van der Waals surface area contributed by atoms with E-state index in [0.29, 0.717) is 10.5 Å². The molecule has 15 heteroatoms. The van der Waals surface area contributed by atoms with E-state index in [0.717, 1.165) is 12.7 Å². The van der Waals surface area contributed by atoms with Crippen LogP contribution < -0.4 is 16.0 Å². The Kier molecular flexibility index (Phi) is 11.7. The largest absolute Gasteiger partial charge is 0.465 e. The van der Waals surface area contributed by atoms with Gasteiger partial charge >= 0.3 is 6.09 Å². The molecule has 228 valence electrons. The van der Waals surface area contributed by atoms with Crippen LogP contribution in [0.1, 0.15) is 42.6 Å². The number of aliphatic hydroxyl groups excluding tert-OH is 1. The molecule has 1 aromatic heterocycles. The molecule has 0 spiro atoms. The zero-order valence-corrected chi connectivity index (χ0v) is 24.5. The van der Waals surface area contributed by atoms with E-state index in [-0.39, 0.29) is 42.1 Å². The number of amides is 2. The van der Waals surface area contributed by atoms with Crippen LogP contribution in [-0.2, 0) is 16.3 Å². The van der Waals surface area contributed by atoms with Gasteiger partial charge in [0.05, 0.1) is 6.04 Å². The lowest BCUT2D eigenvalue weighted by molar-refractivity contribution is -0.0839. The number of carbonyl (C=O) groups excluding carboxylic acids is 1. The summed E-state index contributed by atoms with van der Waals surface area (Å²) in [6.45, 7) is 3.37. The number of alkyl halides is 2. The van der Waals surface area contributed by atoms with Crippen molar-refractivity contribution in [3.8, 4) is 0 Å². The van der Waals surface area contributed by atoms with Crippen LogP contribution in [0, 0.1) is 0 Å². The Bertz CT molecular complexity index is 1300. The Morgan fingerprint density at radius 2 is 1.83 bits per heavy atom. The molecule has 1 aliphatic rings. The number of nitrogens with zero attached hydrogens (tertiary/aromatic N) is 2. The van der Waals surface area contributed by atoms with Gasteiger partial charge in [-0.15, -0.1) is 12.4 Å². The van der Waals surface area contributed by atoms with Crippen LogP contribution in [-0.4, -0.2) is 89.3 Å². The van der Waals surface area contributed by atoms with Crippen molar-refractivity contribution in [1.29, 1.82) is 0 Å². The van der Waals surface area contributed by atoms with E-state index in [2.05, 4.69) is 20.9 Å². The van der Waals surface area contributed by atoms with Gasteiger partial charge in [0.1, 0.15) is 29.7 Å². The summed E-state index contributed by atoms with van der Waals surface area (Å²) in [7, 11) is -3.42. The van der Waals surface area contributed by atoms with Crippen molar-refractivity contribution in [3.05, 3.63) is 53.6 Å². The highest BCUT2D eigenvalue weighted by atomic mass is 35.5. The summed E-state index contributed by atoms with van der Waals surface area (Å²) in [5.41, 5.74) is 0.648. The molecule has 0 saturated carbocycles. The average Bonchev–Trinajstić information content (AvgIpc) is 3.21. The first kappa shape index (κ1) is 34.0. The second-order valence-electron chi connectivity index (χ2n) is 10.0. The van der Waals surface area contributed by atoms with Gasteiger partial charge < -0.3 is 26.2 Å². The van der Waals surface area contributed by atoms with E-state index < -0.39 is 64.8 Å². The third-order valence-corrected chi connectivity index (χ3v) is 7.33. The number of sulfone groups is 1. The van der Waals surface area contributed by atoms with Gasteiger partial charge in [0.15, 0.2) is 9.84 Å². The summed E-state index contributed by atoms with van der Waals surface area (Å²) < 4.78 is 53.0. The van der Waals surface area contributed by atoms with Crippen LogP contribution in [0.2, 0.25) is 0 Å². The Hall–Kier alpha value is -3.23. The zero-order valence-electron chi connectivity index (χ0n) is 22.9. The molecule has 1 aliphatic heterocycles. The van der Waals surface area contributed by atoms with Gasteiger partial charge in [0.2, 0.25) is 0 Å². The second-order valence-corrected chi connectivity index (χ2v) is 12.2. The molecule has 2 amide bonds. The first-order valence-corrected chi connectivity index (χ1v) is 14.9. The fraction of sp³-hybridized carbons (Fsp3) is 0.500. The summed E-state index contributed by atoms with van der Waals surface area (Å²) in [4.78, 5) is 30.0. The first-order valence-electron chi connectivity index (χ1n) is 12.8. The summed E-state index contributed by atoms with van der Waals surface area (Å²) in [5, 5.41) is 29.0. The number of halogens is 3. The smallest absolute Gasteiger partial charge is 0.407 e. The quantitative estimate of drug-likeness (QED) is 0.240. The van der Waals surface area contributed by atoms with Crippen LogP contribution in [0.4, 0.5) is 25.2 Å². The molecular formula is C26H36ClF2N5O6S. The standard InChI is InChI=1S/C26H35F2N5O6S.ClH/c1-4-16(2)30-21-14-18(13-20(32-21)29-15-40(3,38)39)24(35)31-19(12-17-8-6-5-7-9-17)22(34)23-26(27,28)10-11-33(23)25(36)37;/h5-9,13-14,16,19,22-23,34H,4,10-12,15H2,1-3H3,(H,31,35)(H,36,37)(H2,29,30,32);1H/t16?,19?,22-,23-;/m0./s1. The van der Waals surface area contributed by atoms with Crippen molar-refractivity contribution >= 4 is 45.9 Å². The summed E-state index contributed by atoms with van der Waals surface area (Å²) in [6.07, 6.45) is -2.59. The average molecular weight is 620 g/mol. The Balaban J connectivity index is 0.00000588. The SMILES string of the molecule is CCC(C)Nc1cc(C(=O)NC(Cc2ccccc2)[C@H](O)[C@@H]2N(C(=O)O)CCC2(F)F)cc(NCS(C)(=O)=O)n1.Cl. The van der Waals surface area contributed by atoms with E-state index in [1.54, 1.807) is 30.3 Å². The molecule has 0 bridgehead atoms. The molecule has 41 heavy (non-hydrogen) atoms. The monoisotopic (exact) mass is 619 g/mol. The number of benzene rings is 1. The van der Waals surface area contributed by atoms with Gasteiger partial charge in [0.25, 0.3) is 11.8 Å². The summed E-state index contributed by atoms with van der Waals surface area (Å²) in [6, 6.07) is 7.90. The van der Waals surface area contributed by atoms with Gasteiger partial charge in [-0.3, -0.25) is 9.69 Å². The fourth-order valence-corrected chi connectivity index (χ4v) is 4.83. The second kappa shape index (κ2) is 14.1. The van der Waals surface area contributed by atoms with E-state index in [4.69, 9.17) is 0 Å². The van der Waals surface area contributed by atoms with Crippen LogP contribution in [0.5, 0.6) is 0 Å². The van der Waals surface area contributed by atoms with Gasteiger partial charge in [-0.2, -0.15) is 0 Å². The van der Waals surface area contributed by atoms with Gasteiger partial charge in [-0.25, -0.2) is 27.0 Å². The topological polar surface area (TPSA) is 161 Å². The lowest BCUT2D eigenvalue weighted by Crippen LogP contribution is -2.58. The van der Waals surface area contributed by atoms with Crippen LogP contribution >= 0.6 is 12.4 Å². The Morgan fingerprint density at radius 1 is 1.20 bits per heavy atom. The maximum absolute atomic E-state index is 14.8. The van der Waals surface area contributed by atoms with Gasteiger partial charge in [-0.05, 0) is 37.5 Å². The molecule has 1 saturated heterocycles. The third-order valence-electron chi connectivity index (χ3n) is 6.66. The molecule has 4 atom stereocenters. The number of likely N-dealkylation sites (tertiary alicyclic amines) is 1. The van der Waals surface area contributed by atoms with E-state index in [1.165, 1.54) is 12.1 Å². The maximum Gasteiger partial charge on any atom is 0.407 e. The number of pyridine rings is 1. The number of anilines is 2. The molecule has 0 aliphatic carbocycles. The highest BCUT2D eigenvalue weighted by Gasteiger charge is 2.56. The highest BCUT2D eigenvalue weighted by molar-refractivity contribution is 7.90. The van der Waals surface area contributed by atoms with Crippen molar-refractivity contribution in [2.24, 2.45) is 0 Å². The molecule has 3 rings (SSSR count). The molecule has 11 nitrogen and oxygen atoms in total. The minimum Gasteiger partial charge on any atom is -0.465 e. The number of aromatic nitrogens is 1. The number of aliphatic hydroxyl groups is 1. The molecule has 2 heterocycles. The number of rotatable bonds is 12. The van der Waals surface area contributed by atoms with E-state index in [1.807, 2.05) is 13.8 Å². The van der Waals surface area contributed by atoms with Crippen molar-refractivity contribution in [2.75, 3.05) is 29.3 Å². The highest BCUT2D eigenvalue weighted by Crippen LogP contribution is 2.37. The molecule has 2 aromatic rings. The molecule has 1 fully saturated rings. The lowest BCUT2D eigenvalue weighted by Gasteiger charge is -2.35. The molecule has 1 aromatic carbocycles. The van der Waals surface area contributed by atoms with Crippen molar-refractivity contribution in [2.45, 2.75) is 63.3 Å². The third kappa shape index (κ3) is 9.40. The van der Waals surface area contributed by atoms with Gasteiger partial charge in [0, 0.05) is 30.8 Å². The van der Waals surface area contributed by atoms with E-state index in [9.17, 15) is 37.0 Å². The normalized spacial score (nSPS) is 18.5. The fourth-order valence-electron chi connectivity index (χ4n) is 4.42. The number of hydrogen-bond acceptors (Lipinski definition) is 8. The molecule has 0 radical (unpaired) electrons. The van der Waals surface area contributed by atoms with Crippen LogP contribution in [0.15, 0.2) is 42.5 Å². The molecule has 2 unspecified atom stereocenters. The van der Waals surface area contributed by atoms with Crippen molar-refractivity contribution in [3.63, 3.8) is 0 Å². The Labute approximate surface area is 244 Å². The van der Waals surface area contributed by atoms with Crippen molar-refractivity contribution < 1.29 is 37.0 Å². The zero-order chi connectivity index (χ0) is 29.7. The van der Waals surface area contributed by atoms with Crippen LogP contribution in [0.25, 0.3) is 0 Å². The van der Waals surface area contributed by atoms with Gasteiger partial charge in [-0.1, -0.05) is 37.3 Å². The summed E-state index contributed by atoms with van der Waals surface area (Å²) >= 11 is 0. The minimum absolute atomic E-state index is 0. The molecular weight excluding hydrogens is 584 g/mol. The molecule has 5 N–H and O–H groups in total. The first-order chi connectivity index (χ1) is 18.7. The van der Waals surface area contributed by atoms with E-state index >= 15 is 0 Å². The van der Waals surface area contributed by atoms with Crippen molar-refractivity contribution in [1.82, 2.24) is 15.2 Å². The number of carbonyl (C=O) groups is 2. The number of nitrogens with one attached hydrogen (secondary N) is 3. The Morgan fingerprint density at radius 3 is 2.41 bits per heavy atom. The number of carboxylic acid groups (broad SMARTS) is 1. The maximum atomic E-state index is 14.8. The summed E-state index contributed by atoms with van der Waals surface area (Å²) in [5.74, 6) is -4.34. The number of hydrogen-bond donors (Lipinski definition) is 5.